The number of likely N-dealkylation sites (tertiary alicyclic amines) is 1. The first kappa shape index (κ1) is 9.51. The zero-order valence-corrected chi connectivity index (χ0v) is 8.96. The van der Waals surface area contributed by atoms with Gasteiger partial charge in [-0.25, -0.2) is 4.79 Å². The molecule has 0 radical (unpaired) electrons. The molecule has 0 unspecified atom stereocenters. The number of hydrogen-bond acceptors (Lipinski definition) is 2. The standard InChI is InChI=1S/C12H13NO3/c1-7-11-6-9(13(7)12(14)15)8-4-2-3-5-10(8)16-11/h2-5,7,9,11H,6H2,1H3,(H,14,15)/t7-,9+,11+/m1/s1. The molecular weight excluding hydrogens is 206 g/mol. The van der Waals surface area contributed by atoms with Crippen molar-refractivity contribution in [1.82, 2.24) is 4.90 Å². The van der Waals surface area contributed by atoms with E-state index in [1.165, 1.54) is 4.90 Å². The quantitative estimate of drug-likeness (QED) is 0.728. The fourth-order valence-corrected chi connectivity index (χ4v) is 2.75. The van der Waals surface area contributed by atoms with Gasteiger partial charge in [0.25, 0.3) is 0 Å². The Kier molecular flexibility index (Phi) is 1.87. The van der Waals surface area contributed by atoms with Crippen LogP contribution < -0.4 is 4.74 Å². The van der Waals surface area contributed by atoms with Crippen molar-refractivity contribution in [3.05, 3.63) is 29.8 Å². The number of fused-ring (bicyclic) bond motifs is 4. The van der Waals surface area contributed by atoms with Crippen molar-refractivity contribution in [1.29, 1.82) is 0 Å². The summed E-state index contributed by atoms with van der Waals surface area (Å²) in [5, 5.41) is 9.23. The number of nitrogens with zero attached hydrogens (tertiary/aromatic N) is 1. The molecule has 0 aromatic heterocycles. The maximum Gasteiger partial charge on any atom is 0.408 e. The van der Waals surface area contributed by atoms with Crippen LogP contribution in [0, 0.1) is 0 Å². The Morgan fingerprint density at radius 2 is 2.25 bits per heavy atom. The third kappa shape index (κ3) is 1.13. The zero-order valence-electron chi connectivity index (χ0n) is 8.96. The number of carboxylic acid groups (broad SMARTS) is 1. The molecule has 4 heteroatoms. The van der Waals surface area contributed by atoms with Gasteiger partial charge in [-0.05, 0) is 13.0 Å². The molecule has 2 aliphatic rings. The maximum absolute atomic E-state index is 11.2. The summed E-state index contributed by atoms with van der Waals surface area (Å²) in [5.74, 6) is 0.833. The molecule has 1 N–H and O–H groups in total. The number of ether oxygens (including phenoxy) is 1. The van der Waals surface area contributed by atoms with Gasteiger partial charge in [0.1, 0.15) is 11.9 Å². The lowest BCUT2D eigenvalue weighted by Gasteiger charge is -2.25. The van der Waals surface area contributed by atoms with Crippen LogP contribution in [0.25, 0.3) is 0 Å². The van der Waals surface area contributed by atoms with E-state index in [1.54, 1.807) is 0 Å². The lowest BCUT2D eigenvalue weighted by molar-refractivity contribution is 0.116. The SMILES string of the molecule is C[C@@H]1[C@@H]2C[C@@H](c3ccccc3O2)N1C(=O)O. The van der Waals surface area contributed by atoms with Gasteiger partial charge in [-0.3, -0.25) is 4.90 Å². The zero-order chi connectivity index (χ0) is 11.3. The summed E-state index contributed by atoms with van der Waals surface area (Å²) in [5.41, 5.74) is 0.991. The highest BCUT2D eigenvalue weighted by Crippen LogP contribution is 2.45. The van der Waals surface area contributed by atoms with E-state index in [0.29, 0.717) is 0 Å². The third-order valence-corrected chi connectivity index (χ3v) is 3.55. The summed E-state index contributed by atoms with van der Waals surface area (Å²) in [6.45, 7) is 1.91. The predicted octanol–water partition coefficient (Wildman–Crippen LogP) is 2.26. The van der Waals surface area contributed by atoms with Gasteiger partial charge in [0.05, 0.1) is 12.1 Å². The van der Waals surface area contributed by atoms with Crippen LogP contribution >= 0.6 is 0 Å². The Bertz CT molecular complexity index is 446. The lowest BCUT2D eigenvalue weighted by atomic mass is 10.00. The first-order valence-electron chi connectivity index (χ1n) is 5.45. The van der Waals surface area contributed by atoms with Gasteiger partial charge in [0.15, 0.2) is 0 Å². The molecule has 1 amide bonds. The summed E-state index contributed by atoms with van der Waals surface area (Å²) in [7, 11) is 0. The number of para-hydroxylation sites is 1. The van der Waals surface area contributed by atoms with Crippen molar-refractivity contribution >= 4 is 6.09 Å². The Morgan fingerprint density at radius 1 is 1.50 bits per heavy atom. The van der Waals surface area contributed by atoms with Gasteiger partial charge in [-0.1, -0.05) is 18.2 Å². The molecule has 1 saturated heterocycles. The van der Waals surface area contributed by atoms with E-state index >= 15 is 0 Å². The highest BCUT2D eigenvalue weighted by atomic mass is 16.5. The minimum Gasteiger partial charge on any atom is -0.488 e. The van der Waals surface area contributed by atoms with Crippen molar-refractivity contribution in [2.24, 2.45) is 0 Å². The van der Waals surface area contributed by atoms with Gasteiger partial charge in [-0.15, -0.1) is 0 Å². The van der Waals surface area contributed by atoms with Crippen LogP contribution in [-0.2, 0) is 0 Å². The molecule has 2 heterocycles. The molecule has 3 atom stereocenters. The summed E-state index contributed by atoms with van der Waals surface area (Å²) >= 11 is 0. The van der Waals surface area contributed by atoms with Crippen molar-refractivity contribution in [3.8, 4) is 5.75 Å². The van der Waals surface area contributed by atoms with Crippen LogP contribution in [0.5, 0.6) is 5.75 Å². The third-order valence-electron chi connectivity index (χ3n) is 3.55. The summed E-state index contributed by atoms with van der Waals surface area (Å²) in [6.07, 6.45) is -0.0962. The molecule has 2 bridgehead atoms. The average Bonchev–Trinajstić information content (AvgIpc) is 2.53. The first-order chi connectivity index (χ1) is 7.68. The molecule has 4 nitrogen and oxygen atoms in total. The van der Waals surface area contributed by atoms with Crippen LogP contribution in [0.15, 0.2) is 24.3 Å². The summed E-state index contributed by atoms with van der Waals surface area (Å²) < 4.78 is 5.81. The Hall–Kier alpha value is -1.71. The fraction of sp³-hybridized carbons (Fsp3) is 0.417. The van der Waals surface area contributed by atoms with Crippen LogP contribution in [-0.4, -0.2) is 28.2 Å². The van der Waals surface area contributed by atoms with Gasteiger partial charge >= 0.3 is 6.09 Å². The van der Waals surface area contributed by atoms with Gasteiger partial charge in [-0.2, -0.15) is 0 Å². The smallest absolute Gasteiger partial charge is 0.408 e. The molecule has 2 aliphatic heterocycles. The van der Waals surface area contributed by atoms with E-state index in [1.807, 2.05) is 31.2 Å². The topological polar surface area (TPSA) is 49.8 Å². The minimum absolute atomic E-state index is 0.00370. The van der Waals surface area contributed by atoms with Crippen LogP contribution in [0.3, 0.4) is 0 Å². The molecule has 1 aromatic rings. The molecule has 0 saturated carbocycles. The van der Waals surface area contributed by atoms with E-state index in [-0.39, 0.29) is 18.2 Å². The molecular formula is C12H13NO3. The molecule has 0 spiro atoms. The second kappa shape index (κ2) is 3.14. The second-order valence-electron chi connectivity index (χ2n) is 4.38. The first-order valence-corrected chi connectivity index (χ1v) is 5.45. The summed E-state index contributed by atoms with van der Waals surface area (Å²) in [4.78, 5) is 12.7. The van der Waals surface area contributed by atoms with Crippen molar-refractivity contribution in [2.45, 2.75) is 31.5 Å². The highest BCUT2D eigenvalue weighted by molar-refractivity contribution is 5.67. The van der Waals surface area contributed by atoms with E-state index in [9.17, 15) is 9.90 Å². The van der Waals surface area contributed by atoms with E-state index in [0.717, 1.165) is 17.7 Å². The molecule has 0 aliphatic carbocycles. The molecule has 3 rings (SSSR count). The fourth-order valence-electron chi connectivity index (χ4n) is 2.75. The lowest BCUT2D eigenvalue weighted by Crippen LogP contribution is -2.37. The van der Waals surface area contributed by atoms with Gasteiger partial charge < -0.3 is 9.84 Å². The Morgan fingerprint density at radius 3 is 3.00 bits per heavy atom. The largest absolute Gasteiger partial charge is 0.488 e. The van der Waals surface area contributed by atoms with Crippen molar-refractivity contribution < 1.29 is 14.6 Å². The summed E-state index contributed by atoms with van der Waals surface area (Å²) in [6, 6.07) is 7.58. The molecule has 16 heavy (non-hydrogen) atoms. The van der Waals surface area contributed by atoms with Crippen molar-refractivity contribution in [2.75, 3.05) is 0 Å². The average molecular weight is 219 g/mol. The number of amides is 1. The van der Waals surface area contributed by atoms with Gasteiger partial charge in [0.2, 0.25) is 0 Å². The minimum atomic E-state index is -0.861. The second-order valence-corrected chi connectivity index (χ2v) is 4.38. The Balaban J connectivity index is 2.08. The number of carbonyl (C=O) groups is 1. The maximum atomic E-state index is 11.2. The highest BCUT2D eigenvalue weighted by Gasteiger charge is 2.47. The van der Waals surface area contributed by atoms with Crippen molar-refractivity contribution in [3.63, 3.8) is 0 Å². The number of hydrogen-bond donors (Lipinski definition) is 1. The van der Waals surface area contributed by atoms with Gasteiger partial charge in [0, 0.05) is 12.0 Å². The van der Waals surface area contributed by atoms with E-state index < -0.39 is 6.09 Å². The normalized spacial score (nSPS) is 30.8. The predicted molar refractivity (Wildman–Crippen MR) is 57.5 cm³/mol. The molecule has 1 fully saturated rings. The van der Waals surface area contributed by atoms with Crippen LogP contribution in [0.4, 0.5) is 4.79 Å². The number of benzene rings is 1. The van der Waals surface area contributed by atoms with E-state index in [2.05, 4.69) is 0 Å². The molecule has 84 valence electrons. The van der Waals surface area contributed by atoms with E-state index in [4.69, 9.17) is 4.74 Å². The van der Waals surface area contributed by atoms with Crippen LogP contribution in [0.1, 0.15) is 24.9 Å². The number of rotatable bonds is 0. The van der Waals surface area contributed by atoms with Crippen LogP contribution in [0.2, 0.25) is 0 Å². The Labute approximate surface area is 93.4 Å². The molecule has 1 aromatic carbocycles. The monoisotopic (exact) mass is 219 g/mol.